The van der Waals surface area contributed by atoms with Crippen LogP contribution < -0.4 is 31.9 Å². The standard InChI is InChI=1S/C15H22IN2O/c1-2-19-15-9-5-13(6-10-15)12-3-7-14(8-4-12)16-18-11-17/h5-6,9-12,14H,2-4,7-8H2,1H3,(H2,17,18)/q-1. The van der Waals surface area contributed by atoms with Crippen LogP contribution in [0.3, 0.4) is 0 Å². The van der Waals surface area contributed by atoms with E-state index < -0.39 is 0 Å². The third-order valence-corrected chi connectivity index (χ3v) is 6.25. The van der Waals surface area contributed by atoms with Crippen LogP contribution in [0.2, 0.25) is 0 Å². The number of nitrogens with two attached hydrogens (primary N) is 1. The van der Waals surface area contributed by atoms with Crippen molar-refractivity contribution in [2.24, 2.45) is 8.94 Å². The van der Waals surface area contributed by atoms with Crippen LogP contribution >= 0.6 is 0 Å². The van der Waals surface area contributed by atoms with Gasteiger partial charge >= 0.3 is 126 Å². The zero-order valence-corrected chi connectivity index (χ0v) is 13.5. The fraction of sp³-hybridized carbons (Fsp3) is 0.533. The van der Waals surface area contributed by atoms with E-state index in [1.54, 1.807) is 0 Å². The van der Waals surface area contributed by atoms with Crippen molar-refractivity contribution in [3.8, 4) is 5.75 Å². The summed E-state index contributed by atoms with van der Waals surface area (Å²) in [6, 6.07) is 8.64. The average molecular weight is 373 g/mol. The number of ether oxygens (including phenoxy) is 1. The number of nitrogens with zero attached hydrogens (tertiary/aromatic N) is 1. The van der Waals surface area contributed by atoms with Gasteiger partial charge < -0.3 is 0 Å². The van der Waals surface area contributed by atoms with Gasteiger partial charge in [0.1, 0.15) is 0 Å². The monoisotopic (exact) mass is 373 g/mol. The number of alkyl halides is 1. The van der Waals surface area contributed by atoms with Crippen LogP contribution in [0.4, 0.5) is 0 Å². The molecule has 1 saturated carbocycles. The molecule has 0 aromatic heterocycles. The second-order valence-electron chi connectivity index (χ2n) is 4.80. The molecule has 1 aliphatic rings. The van der Waals surface area contributed by atoms with Crippen molar-refractivity contribution in [3.63, 3.8) is 0 Å². The molecule has 0 unspecified atom stereocenters. The van der Waals surface area contributed by atoms with E-state index in [9.17, 15) is 0 Å². The molecule has 1 fully saturated rings. The van der Waals surface area contributed by atoms with E-state index in [0.29, 0.717) is 0 Å². The molecule has 1 aliphatic carbocycles. The minimum absolute atomic E-state index is 0.0719. The predicted molar refractivity (Wildman–Crippen MR) is 75.3 cm³/mol. The van der Waals surface area contributed by atoms with E-state index in [1.807, 2.05) is 6.92 Å². The summed E-state index contributed by atoms with van der Waals surface area (Å²) < 4.78 is 10.6. The molecule has 0 aliphatic heterocycles. The fourth-order valence-corrected chi connectivity index (χ4v) is 4.52. The van der Waals surface area contributed by atoms with Gasteiger partial charge in [-0.2, -0.15) is 0 Å². The van der Waals surface area contributed by atoms with Gasteiger partial charge in [0.05, 0.1) is 0 Å². The van der Waals surface area contributed by atoms with Gasteiger partial charge in [-0.1, -0.05) is 0 Å². The van der Waals surface area contributed by atoms with E-state index in [2.05, 4.69) is 27.5 Å². The Hall–Kier alpha value is -0.780. The Balaban J connectivity index is 1.86. The summed E-state index contributed by atoms with van der Waals surface area (Å²) >= 11 is -0.0719. The van der Waals surface area contributed by atoms with E-state index >= 15 is 0 Å². The fourth-order valence-electron chi connectivity index (χ4n) is 2.60. The topological polar surface area (TPSA) is 47.6 Å². The second-order valence-corrected chi connectivity index (χ2v) is 7.67. The van der Waals surface area contributed by atoms with Crippen LogP contribution in [0.15, 0.2) is 27.5 Å². The molecule has 0 atom stereocenters. The molecule has 0 amide bonds. The van der Waals surface area contributed by atoms with Gasteiger partial charge in [0.15, 0.2) is 0 Å². The van der Waals surface area contributed by atoms with E-state index in [4.69, 9.17) is 10.5 Å². The Morgan fingerprint density at radius 1 is 1.26 bits per heavy atom. The summed E-state index contributed by atoms with van der Waals surface area (Å²) in [6.45, 7) is 2.75. The molecule has 0 spiro atoms. The molecule has 3 nitrogen and oxygen atoms in total. The number of hydrogen-bond acceptors (Lipinski definition) is 2. The molecule has 2 N–H and O–H groups in total. The van der Waals surface area contributed by atoms with Gasteiger partial charge in [-0.15, -0.1) is 0 Å². The third-order valence-electron chi connectivity index (χ3n) is 3.57. The van der Waals surface area contributed by atoms with Gasteiger partial charge in [0.2, 0.25) is 0 Å². The molecule has 2 rings (SSSR count). The molecule has 106 valence electrons. The quantitative estimate of drug-likeness (QED) is 0.345. The Morgan fingerprint density at radius 3 is 2.53 bits per heavy atom. The van der Waals surface area contributed by atoms with Crippen LogP contribution in [0.1, 0.15) is 44.1 Å². The summed E-state index contributed by atoms with van der Waals surface area (Å²) in [6.07, 6.45) is 6.67. The first-order valence-corrected chi connectivity index (χ1v) is 9.13. The van der Waals surface area contributed by atoms with Crippen LogP contribution in [-0.4, -0.2) is 16.9 Å². The average Bonchev–Trinajstić information content (AvgIpc) is 2.47. The summed E-state index contributed by atoms with van der Waals surface area (Å²) in [5, 5.41) is 0. The zero-order chi connectivity index (χ0) is 13.5. The van der Waals surface area contributed by atoms with Crippen molar-refractivity contribution in [2.45, 2.75) is 42.4 Å². The molecule has 1 aromatic rings. The van der Waals surface area contributed by atoms with Crippen molar-refractivity contribution in [1.82, 2.24) is 0 Å². The molecule has 4 heteroatoms. The SMILES string of the molecule is CCOc1ccc(C2CCC([I-]N=CN)CC2)cc1. The summed E-state index contributed by atoms with van der Waals surface area (Å²) in [4.78, 5) is 0. The Labute approximate surface area is 126 Å². The minimum atomic E-state index is -0.0719. The number of halogens is 1. The maximum atomic E-state index is 5.49. The summed E-state index contributed by atoms with van der Waals surface area (Å²) in [5.41, 5.74) is 6.79. The molecule has 1 aromatic carbocycles. The first kappa shape index (κ1) is 14.6. The molecule has 0 radical (unpaired) electrons. The molecular formula is C15H22IN2O-. The Kier molecular flexibility index (Phi) is 5.94. The molecule has 19 heavy (non-hydrogen) atoms. The number of benzene rings is 1. The molecule has 0 saturated heterocycles. The van der Waals surface area contributed by atoms with E-state index in [1.165, 1.54) is 37.6 Å². The van der Waals surface area contributed by atoms with Gasteiger partial charge in [-0.3, -0.25) is 0 Å². The molecule has 0 heterocycles. The van der Waals surface area contributed by atoms with Crippen LogP contribution in [0.5, 0.6) is 5.75 Å². The summed E-state index contributed by atoms with van der Waals surface area (Å²) in [5.74, 6) is 1.70. The third kappa shape index (κ3) is 4.37. The normalized spacial score (nSPS) is 23.8. The first-order valence-electron chi connectivity index (χ1n) is 6.92. The summed E-state index contributed by atoms with van der Waals surface area (Å²) in [7, 11) is 0. The van der Waals surface area contributed by atoms with Crippen molar-refractivity contribution < 1.29 is 26.2 Å². The van der Waals surface area contributed by atoms with Crippen LogP contribution in [0.25, 0.3) is 0 Å². The Bertz CT molecular complexity index is 397. The van der Waals surface area contributed by atoms with Crippen molar-refractivity contribution in [3.05, 3.63) is 29.8 Å². The van der Waals surface area contributed by atoms with Crippen molar-refractivity contribution >= 4 is 6.34 Å². The second kappa shape index (κ2) is 7.72. The van der Waals surface area contributed by atoms with E-state index in [-0.39, 0.29) is 21.5 Å². The van der Waals surface area contributed by atoms with Crippen LogP contribution in [-0.2, 0) is 0 Å². The van der Waals surface area contributed by atoms with E-state index in [0.717, 1.165) is 22.2 Å². The Morgan fingerprint density at radius 2 is 1.95 bits per heavy atom. The van der Waals surface area contributed by atoms with Crippen molar-refractivity contribution in [2.75, 3.05) is 6.61 Å². The zero-order valence-electron chi connectivity index (χ0n) is 11.4. The maximum absolute atomic E-state index is 5.49. The number of hydrogen-bond donors (Lipinski definition) is 1. The van der Waals surface area contributed by atoms with Gasteiger partial charge in [0.25, 0.3) is 0 Å². The molecule has 0 bridgehead atoms. The van der Waals surface area contributed by atoms with Crippen molar-refractivity contribution in [1.29, 1.82) is 0 Å². The van der Waals surface area contributed by atoms with Gasteiger partial charge in [-0.05, 0) is 0 Å². The first-order chi connectivity index (χ1) is 9.33. The number of rotatable bonds is 5. The predicted octanol–water partition coefficient (Wildman–Crippen LogP) is 0.103. The molecular weight excluding hydrogens is 351 g/mol. The van der Waals surface area contributed by atoms with Crippen LogP contribution in [0, 0.1) is 0 Å². The van der Waals surface area contributed by atoms with Gasteiger partial charge in [0, 0.05) is 0 Å². The van der Waals surface area contributed by atoms with Gasteiger partial charge in [-0.25, -0.2) is 0 Å².